The highest BCUT2D eigenvalue weighted by atomic mass is 15.3. The number of piperidine rings is 2. The molecule has 4 nitrogen and oxygen atoms in total. The molecule has 0 spiro atoms. The Hall–Kier alpha value is -0.160. The predicted octanol–water partition coefficient (Wildman–Crippen LogP) is 2.60. The second-order valence-electron chi connectivity index (χ2n) is 8.74. The Bertz CT molecular complexity index is 364. The largest absolute Gasteiger partial charge is 0.303 e. The van der Waals surface area contributed by atoms with Gasteiger partial charge in [-0.25, -0.2) is 0 Å². The molecule has 0 aromatic rings. The highest BCUT2D eigenvalue weighted by Gasteiger charge is 2.29. The number of hydrogen-bond acceptors (Lipinski definition) is 4. The number of rotatable bonds is 6. The van der Waals surface area contributed by atoms with Crippen molar-refractivity contribution in [3.63, 3.8) is 0 Å². The van der Waals surface area contributed by atoms with Crippen LogP contribution in [-0.2, 0) is 0 Å². The molecule has 3 fully saturated rings. The van der Waals surface area contributed by atoms with Crippen LogP contribution in [0.5, 0.6) is 0 Å². The standard InChI is InChI=1S/C21H42N4/c1-4-19(3)24-12-6-20(7-13-24)18-23-14-16-25(17-15-23)21-8-10-22(5-2)11-9-21/h19-21H,4-18H2,1-3H3. The summed E-state index contributed by atoms with van der Waals surface area (Å²) in [4.78, 5) is 10.9. The third-order valence-corrected chi connectivity index (χ3v) is 7.31. The van der Waals surface area contributed by atoms with Gasteiger partial charge in [0.15, 0.2) is 0 Å². The molecule has 0 amide bonds. The molecule has 3 aliphatic rings. The van der Waals surface area contributed by atoms with Crippen LogP contribution in [0.2, 0.25) is 0 Å². The fourth-order valence-corrected chi connectivity index (χ4v) is 5.11. The lowest BCUT2D eigenvalue weighted by atomic mass is 9.94. The molecular formula is C21H42N4. The van der Waals surface area contributed by atoms with Crippen molar-refractivity contribution in [3.05, 3.63) is 0 Å². The van der Waals surface area contributed by atoms with Gasteiger partial charge in [0.1, 0.15) is 0 Å². The van der Waals surface area contributed by atoms with Crippen LogP contribution >= 0.6 is 0 Å². The summed E-state index contributed by atoms with van der Waals surface area (Å²) in [7, 11) is 0. The van der Waals surface area contributed by atoms with Crippen molar-refractivity contribution in [2.75, 3.05) is 65.4 Å². The molecule has 0 radical (unpaired) electrons. The quantitative estimate of drug-likeness (QED) is 0.730. The summed E-state index contributed by atoms with van der Waals surface area (Å²) in [5.41, 5.74) is 0. The molecular weight excluding hydrogens is 308 g/mol. The average Bonchev–Trinajstić information content (AvgIpc) is 2.68. The summed E-state index contributed by atoms with van der Waals surface area (Å²) in [5.74, 6) is 0.944. The molecule has 0 bridgehead atoms. The minimum atomic E-state index is 0.781. The lowest BCUT2D eigenvalue weighted by molar-refractivity contribution is 0.0459. The van der Waals surface area contributed by atoms with E-state index < -0.39 is 0 Å². The minimum Gasteiger partial charge on any atom is -0.303 e. The summed E-state index contributed by atoms with van der Waals surface area (Å²) in [6.07, 6.45) is 6.91. The second kappa shape index (κ2) is 9.68. The lowest BCUT2D eigenvalue weighted by Crippen LogP contribution is -2.54. The van der Waals surface area contributed by atoms with Crippen molar-refractivity contribution in [1.29, 1.82) is 0 Å². The van der Waals surface area contributed by atoms with Gasteiger partial charge in [0, 0.05) is 44.8 Å². The molecule has 3 aliphatic heterocycles. The normalized spacial score (nSPS) is 28.4. The van der Waals surface area contributed by atoms with Gasteiger partial charge in [0.05, 0.1) is 0 Å². The van der Waals surface area contributed by atoms with Crippen LogP contribution in [0.4, 0.5) is 0 Å². The Morgan fingerprint density at radius 3 is 1.96 bits per heavy atom. The summed E-state index contributed by atoms with van der Waals surface area (Å²) in [6.45, 7) is 20.1. The van der Waals surface area contributed by atoms with E-state index in [1.165, 1.54) is 97.6 Å². The lowest BCUT2D eigenvalue weighted by Gasteiger charge is -2.44. The van der Waals surface area contributed by atoms with Gasteiger partial charge in [-0.2, -0.15) is 0 Å². The van der Waals surface area contributed by atoms with Crippen LogP contribution in [0.3, 0.4) is 0 Å². The van der Waals surface area contributed by atoms with Crippen molar-refractivity contribution in [2.45, 2.75) is 65.0 Å². The Morgan fingerprint density at radius 1 is 0.760 bits per heavy atom. The Labute approximate surface area is 156 Å². The van der Waals surface area contributed by atoms with E-state index in [0.717, 1.165) is 18.0 Å². The van der Waals surface area contributed by atoms with E-state index in [0.29, 0.717) is 0 Å². The molecule has 1 atom stereocenters. The van der Waals surface area contributed by atoms with Crippen LogP contribution < -0.4 is 0 Å². The maximum absolute atomic E-state index is 2.80. The highest BCUT2D eigenvalue weighted by Crippen LogP contribution is 2.23. The SMILES string of the molecule is CCC(C)N1CCC(CN2CCN(C3CCN(CC)CC3)CC2)CC1. The van der Waals surface area contributed by atoms with E-state index in [4.69, 9.17) is 0 Å². The predicted molar refractivity (Wildman–Crippen MR) is 107 cm³/mol. The van der Waals surface area contributed by atoms with Crippen molar-refractivity contribution >= 4 is 0 Å². The summed E-state index contributed by atoms with van der Waals surface area (Å²) in [5, 5.41) is 0. The van der Waals surface area contributed by atoms with Crippen molar-refractivity contribution in [1.82, 2.24) is 19.6 Å². The Morgan fingerprint density at radius 2 is 1.40 bits per heavy atom. The molecule has 146 valence electrons. The van der Waals surface area contributed by atoms with Crippen molar-refractivity contribution in [2.24, 2.45) is 5.92 Å². The first-order valence-electron chi connectivity index (χ1n) is 11.1. The minimum absolute atomic E-state index is 0.781. The van der Waals surface area contributed by atoms with Crippen LogP contribution in [0.1, 0.15) is 52.9 Å². The first-order chi connectivity index (χ1) is 12.2. The maximum atomic E-state index is 2.80. The molecule has 4 heteroatoms. The third-order valence-electron chi connectivity index (χ3n) is 7.31. The molecule has 3 rings (SSSR count). The average molecular weight is 351 g/mol. The van der Waals surface area contributed by atoms with Gasteiger partial charge in [-0.05, 0) is 77.7 Å². The zero-order valence-corrected chi connectivity index (χ0v) is 17.1. The maximum Gasteiger partial charge on any atom is 0.0121 e. The van der Waals surface area contributed by atoms with Crippen molar-refractivity contribution < 1.29 is 0 Å². The zero-order chi connectivity index (χ0) is 17.6. The van der Waals surface area contributed by atoms with Crippen LogP contribution in [0.15, 0.2) is 0 Å². The first kappa shape index (κ1) is 19.6. The fraction of sp³-hybridized carbons (Fsp3) is 1.00. The molecule has 0 saturated carbocycles. The number of piperazine rings is 1. The number of likely N-dealkylation sites (tertiary alicyclic amines) is 2. The van der Waals surface area contributed by atoms with E-state index in [2.05, 4.69) is 40.4 Å². The molecule has 0 N–H and O–H groups in total. The summed E-state index contributed by atoms with van der Waals surface area (Å²) < 4.78 is 0. The van der Waals surface area contributed by atoms with Gasteiger partial charge in [-0.3, -0.25) is 4.90 Å². The number of nitrogens with zero attached hydrogens (tertiary/aromatic N) is 4. The molecule has 25 heavy (non-hydrogen) atoms. The molecule has 0 aromatic heterocycles. The van der Waals surface area contributed by atoms with Crippen molar-refractivity contribution in [3.8, 4) is 0 Å². The number of hydrogen-bond donors (Lipinski definition) is 0. The molecule has 3 heterocycles. The Kier molecular flexibility index (Phi) is 7.59. The summed E-state index contributed by atoms with van der Waals surface area (Å²) in [6, 6.07) is 1.65. The van der Waals surface area contributed by atoms with Crippen LogP contribution in [-0.4, -0.2) is 97.1 Å². The first-order valence-corrected chi connectivity index (χ1v) is 11.1. The van der Waals surface area contributed by atoms with E-state index in [1.54, 1.807) is 0 Å². The van der Waals surface area contributed by atoms with Gasteiger partial charge >= 0.3 is 0 Å². The topological polar surface area (TPSA) is 13.0 Å². The summed E-state index contributed by atoms with van der Waals surface area (Å²) >= 11 is 0. The van der Waals surface area contributed by atoms with Crippen LogP contribution in [0, 0.1) is 5.92 Å². The molecule has 3 saturated heterocycles. The van der Waals surface area contributed by atoms with Gasteiger partial charge in [-0.15, -0.1) is 0 Å². The molecule has 1 unspecified atom stereocenters. The molecule has 0 aliphatic carbocycles. The second-order valence-corrected chi connectivity index (χ2v) is 8.74. The van der Waals surface area contributed by atoms with E-state index in [-0.39, 0.29) is 0 Å². The third kappa shape index (κ3) is 5.41. The zero-order valence-electron chi connectivity index (χ0n) is 17.1. The van der Waals surface area contributed by atoms with Gasteiger partial charge in [-0.1, -0.05) is 13.8 Å². The Balaban J connectivity index is 1.33. The van der Waals surface area contributed by atoms with E-state index >= 15 is 0 Å². The highest BCUT2D eigenvalue weighted by molar-refractivity contribution is 4.85. The monoisotopic (exact) mass is 350 g/mol. The van der Waals surface area contributed by atoms with Crippen LogP contribution in [0.25, 0.3) is 0 Å². The van der Waals surface area contributed by atoms with Gasteiger partial charge < -0.3 is 14.7 Å². The smallest absolute Gasteiger partial charge is 0.0121 e. The van der Waals surface area contributed by atoms with E-state index in [1.807, 2.05) is 0 Å². The van der Waals surface area contributed by atoms with Gasteiger partial charge in [0.2, 0.25) is 0 Å². The van der Waals surface area contributed by atoms with Gasteiger partial charge in [0.25, 0.3) is 0 Å². The van der Waals surface area contributed by atoms with E-state index in [9.17, 15) is 0 Å². The fourth-order valence-electron chi connectivity index (χ4n) is 5.11. The molecule has 0 aromatic carbocycles.